The Labute approximate surface area is 117 Å². The van der Waals surface area contributed by atoms with Crippen molar-refractivity contribution in [2.75, 3.05) is 6.54 Å². The highest BCUT2D eigenvalue weighted by Gasteiger charge is 2.14. The van der Waals surface area contributed by atoms with Gasteiger partial charge in [-0.1, -0.05) is 57.8 Å². The van der Waals surface area contributed by atoms with Gasteiger partial charge in [0.25, 0.3) is 0 Å². The maximum atomic E-state index is 10.8. The topological polar surface area (TPSA) is 75.4 Å². The number of aliphatic hydroxyl groups excluding tert-OH is 1. The van der Waals surface area contributed by atoms with Crippen LogP contribution in [0.3, 0.4) is 0 Å². The minimum atomic E-state index is -1.05. The number of nitrogens with two attached hydrogens (primary N) is 1. The summed E-state index contributed by atoms with van der Waals surface area (Å²) in [6, 6.07) is 0.424. The molecule has 0 aromatic heterocycles. The Morgan fingerprint density at radius 3 is 1.84 bits per heavy atom. The number of hydrogen-bond donors (Lipinski definition) is 3. The van der Waals surface area contributed by atoms with Gasteiger partial charge in [0.1, 0.15) is 6.10 Å². The number of aliphatic hydroxyl groups is 1. The minimum Gasteiger partial charge on any atom is -0.382 e. The zero-order valence-electron chi connectivity index (χ0n) is 12.1. The van der Waals surface area contributed by atoms with Gasteiger partial charge in [0.05, 0.1) is 0 Å². The van der Waals surface area contributed by atoms with Gasteiger partial charge in [-0.15, -0.1) is 0 Å². The van der Waals surface area contributed by atoms with Gasteiger partial charge in [0, 0.05) is 12.6 Å². The number of nitrogens with one attached hydrogen (secondary N) is 1. The van der Waals surface area contributed by atoms with Crippen LogP contribution in [0.4, 0.5) is 0 Å². The molecule has 0 radical (unpaired) electrons. The Morgan fingerprint density at radius 2 is 1.42 bits per heavy atom. The van der Waals surface area contributed by atoms with Crippen LogP contribution in [0.5, 0.6) is 0 Å². The van der Waals surface area contributed by atoms with E-state index in [9.17, 15) is 9.90 Å². The van der Waals surface area contributed by atoms with E-state index in [0.717, 1.165) is 12.8 Å². The average Bonchev–Trinajstić information content (AvgIpc) is 2.37. The van der Waals surface area contributed by atoms with E-state index < -0.39 is 12.0 Å². The molecular weight excluding hydrogens is 240 g/mol. The third-order valence-electron chi connectivity index (χ3n) is 4.03. The molecule has 4 nitrogen and oxygen atoms in total. The first-order valence-corrected chi connectivity index (χ1v) is 7.91. The lowest BCUT2D eigenvalue weighted by atomic mass is 9.98. The number of rotatable bonds is 4. The zero-order chi connectivity index (χ0) is 13.9. The summed E-state index contributed by atoms with van der Waals surface area (Å²) in [7, 11) is 0. The van der Waals surface area contributed by atoms with Gasteiger partial charge in [-0.2, -0.15) is 0 Å². The van der Waals surface area contributed by atoms with Crippen molar-refractivity contribution in [3.05, 3.63) is 0 Å². The molecule has 1 rings (SSSR count). The lowest BCUT2D eigenvalue weighted by molar-refractivity contribution is -0.125. The fraction of sp³-hybridized carbons (Fsp3) is 0.933. The molecule has 1 unspecified atom stereocenters. The van der Waals surface area contributed by atoms with E-state index in [-0.39, 0.29) is 0 Å². The summed E-state index contributed by atoms with van der Waals surface area (Å²) in [4.78, 5) is 10.8. The monoisotopic (exact) mass is 270 g/mol. The summed E-state index contributed by atoms with van der Waals surface area (Å²) in [6.07, 6.45) is 13.1. The van der Waals surface area contributed by atoms with Gasteiger partial charge in [-0.05, 0) is 12.8 Å². The summed E-state index contributed by atoms with van der Waals surface area (Å²) in [5.74, 6) is -0.638. The van der Waals surface area contributed by atoms with Crippen molar-refractivity contribution >= 4 is 5.91 Å². The van der Waals surface area contributed by atoms with Gasteiger partial charge < -0.3 is 16.2 Å². The molecule has 19 heavy (non-hydrogen) atoms. The van der Waals surface area contributed by atoms with Crippen molar-refractivity contribution in [3.8, 4) is 0 Å². The van der Waals surface area contributed by atoms with Crippen LogP contribution in [0.1, 0.15) is 70.6 Å². The average molecular weight is 270 g/mol. The molecule has 1 saturated carbocycles. The standard InChI is InChI=1S/C15H30N2O2/c16-15(19)14(18)12-17-13-10-8-6-4-2-1-3-5-7-9-11-13/h13-14,17-18H,1-12H2,(H2,16,19). The van der Waals surface area contributed by atoms with E-state index in [1.165, 1.54) is 57.8 Å². The van der Waals surface area contributed by atoms with Crippen LogP contribution in [-0.2, 0) is 4.79 Å². The summed E-state index contributed by atoms with van der Waals surface area (Å²) in [6.45, 7) is 0.292. The fourth-order valence-electron chi connectivity index (χ4n) is 2.75. The summed E-state index contributed by atoms with van der Waals surface area (Å²) < 4.78 is 0. The van der Waals surface area contributed by atoms with E-state index in [2.05, 4.69) is 5.32 Å². The van der Waals surface area contributed by atoms with Gasteiger partial charge in [-0.25, -0.2) is 0 Å². The van der Waals surface area contributed by atoms with E-state index >= 15 is 0 Å². The molecule has 0 aromatic rings. The quantitative estimate of drug-likeness (QED) is 0.732. The molecule has 1 aliphatic rings. The number of hydrogen-bond acceptors (Lipinski definition) is 3. The smallest absolute Gasteiger partial charge is 0.247 e. The third kappa shape index (κ3) is 8.22. The largest absolute Gasteiger partial charge is 0.382 e. The maximum Gasteiger partial charge on any atom is 0.247 e. The molecule has 0 heterocycles. The maximum absolute atomic E-state index is 10.8. The van der Waals surface area contributed by atoms with Crippen molar-refractivity contribution in [1.29, 1.82) is 0 Å². The molecule has 0 bridgehead atoms. The SMILES string of the molecule is NC(=O)C(O)CNC1CCCCCCCCCCC1. The molecule has 0 saturated heterocycles. The van der Waals surface area contributed by atoms with E-state index in [1.54, 1.807) is 0 Å². The summed E-state index contributed by atoms with van der Waals surface area (Å²) in [5, 5.41) is 12.7. The Hall–Kier alpha value is -0.610. The molecule has 1 fully saturated rings. The predicted molar refractivity (Wildman–Crippen MR) is 77.8 cm³/mol. The molecule has 1 amide bonds. The summed E-state index contributed by atoms with van der Waals surface area (Å²) >= 11 is 0. The fourth-order valence-corrected chi connectivity index (χ4v) is 2.75. The lowest BCUT2D eigenvalue weighted by Gasteiger charge is -2.20. The first kappa shape index (κ1) is 16.4. The van der Waals surface area contributed by atoms with E-state index in [1.807, 2.05) is 0 Å². The Morgan fingerprint density at radius 1 is 1.00 bits per heavy atom. The van der Waals surface area contributed by atoms with Crippen molar-refractivity contribution in [1.82, 2.24) is 5.32 Å². The van der Waals surface area contributed by atoms with Gasteiger partial charge in [0.15, 0.2) is 0 Å². The van der Waals surface area contributed by atoms with Crippen molar-refractivity contribution in [2.24, 2.45) is 5.73 Å². The minimum absolute atomic E-state index is 0.292. The molecule has 1 aliphatic carbocycles. The van der Waals surface area contributed by atoms with Crippen molar-refractivity contribution in [2.45, 2.75) is 82.8 Å². The van der Waals surface area contributed by atoms with Crippen LogP contribution < -0.4 is 11.1 Å². The van der Waals surface area contributed by atoms with Crippen LogP contribution in [0.25, 0.3) is 0 Å². The lowest BCUT2D eigenvalue weighted by Crippen LogP contribution is -2.41. The second-order valence-corrected chi connectivity index (χ2v) is 5.78. The van der Waals surface area contributed by atoms with Gasteiger partial charge in [0.2, 0.25) is 5.91 Å². The number of carbonyl (C=O) groups is 1. The van der Waals surface area contributed by atoms with Gasteiger partial charge in [-0.3, -0.25) is 4.79 Å². The van der Waals surface area contributed by atoms with Crippen LogP contribution in [0.2, 0.25) is 0 Å². The Bertz CT molecular complexity index is 234. The number of primary amides is 1. The van der Waals surface area contributed by atoms with Crippen LogP contribution in [-0.4, -0.2) is 29.7 Å². The van der Waals surface area contributed by atoms with Crippen LogP contribution >= 0.6 is 0 Å². The first-order chi connectivity index (χ1) is 9.20. The summed E-state index contributed by atoms with van der Waals surface area (Å²) in [5.41, 5.74) is 5.06. The second-order valence-electron chi connectivity index (χ2n) is 5.78. The Kier molecular flexibility index (Phi) is 8.84. The highest BCUT2D eigenvalue weighted by Crippen LogP contribution is 2.16. The van der Waals surface area contributed by atoms with Crippen molar-refractivity contribution in [3.63, 3.8) is 0 Å². The second kappa shape index (κ2) is 10.2. The molecule has 1 atom stereocenters. The molecule has 4 heteroatoms. The predicted octanol–water partition coefficient (Wildman–Crippen LogP) is 2.10. The molecule has 0 aliphatic heterocycles. The zero-order valence-corrected chi connectivity index (χ0v) is 12.1. The van der Waals surface area contributed by atoms with Crippen LogP contribution in [0, 0.1) is 0 Å². The van der Waals surface area contributed by atoms with E-state index in [0.29, 0.717) is 12.6 Å². The highest BCUT2D eigenvalue weighted by molar-refractivity contribution is 5.78. The third-order valence-corrected chi connectivity index (χ3v) is 4.03. The first-order valence-electron chi connectivity index (χ1n) is 7.91. The van der Waals surface area contributed by atoms with E-state index in [4.69, 9.17) is 5.73 Å². The highest BCUT2D eigenvalue weighted by atomic mass is 16.3. The van der Waals surface area contributed by atoms with Crippen LogP contribution in [0.15, 0.2) is 0 Å². The van der Waals surface area contributed by atoms with Gasteiger partial charge >= 0.3 is 0 Å². The number of carbonyl (C=O) groups excluding carboxylic acids is 1. The normalized spacial score (nSPS) is 22.2. The number of amides is 1. The molecule has 0 spiro atoms. The molecule has 4 N–H and O–H groups in total. The Balaban J connectivity index is 2.28. The molecular formula is C15H30N2O2. The molecule has 0 aromatic carbocycles. The molecule has 112 valence electrons. The van der Waals surface area contributed by atoms with Crippen molar-refractivity contribution < 1.29 is 9.90 Å².